The molecule has 0 bridgehead atoms. The molecule has 4 rings (SSSR count). The number of ether oxygens (including phenoxy) is 3. The van der Waals surface area contributed by atoms with Crippen LogP contribution in [0.4, 0.5) is 0 Å². The molecular weight excluding hydrogens is 440 g/mol. The van der Waals surface area contributed by atoms with Crippen molar-refractivity contribution in [3.8, 4) is 17.2 Å². The molecule has 0 saturated carbocycles. The zero-order chi connectivity index (χ0) is 23.4. The number of aliphatic imine (C=N–C) groups is 1. The maximum Gasteiger partial charge on any atom is 0.283 e. The Kier molecular flexibility index (Phi) is 6.79. The van der Waals surface area contributed by atoms with Crippen LogP contribution in [0.2, 0.25) is 0 Å². The molecule has 2 aromatic carbocycles. The molecule has 0 unspecified atom stereocenters. The number of nitrogens with zero attached hydrogens (tertiary/aromatic N) is 3. The molecule has 2 aliphatic heterocycles. The van der Waals surface area contributed by atoms with Crippen molar-refractivity contribution in [3.05, 3.63) is 59.2 Å². The zero-order valence-electron chi connectivity index (χ0n) is 18.6. The number of thioether (sulfide) groups is 1. The molecule has 2 heterocycles. The Morgan fingerprint density at radius 2 is 1.85 bits per heavy atom. The number of fused-ring (bicyclic) bond motifs is 1. The van der Waals surface area contributed by atoms with E-state index in [2.05, 4.69) is 10.1 Å². The highest BCUT2D eigenvalue weighted by Crippen LogP contribution is 2.32. The van der Waals surface area contributed by atoms with Crippen LogP contribution in [0.15, 0.2) is 58.1 Å². The predicted molar refractivity (Wildman–Crippen MR) is 130 cm³/mol. The monoisotopic (exact) mass is 464 g/mol. The number of rotatable bonds is 8. The molecule has 0 atom stereocenters. The van der Waals surface area contributed by atoms with Gasteiger partial charge in [-0.2, -0.15) is 15.1 Å². The molecule has 1 N–H and O–H groups in total. The molecule has 0 fully saturated rings. The van der Waals surface area contributed by atoms with Crippen LogP contribution in [-0.4, -0.2) is 47.3 Å². The van der Waals surface area contributed by atoms with Crippen LogP contribution in [0, 0.1) is 12.3 Å². The molecule has 0 aliphatic carbocycles. The van der Waals surface area contributed by atoms with E-state index in [0.29, 0.717) is 35.4 Å². The standard InChI is InChI=1S/C24H24N4O4S/c1-4-21-27-28-22(25)18(23(29)26-24(28)33-21)13-16-7-10-19(20(14-16)30-3)32-12-11-31-17-8-5-15(2)6-9-17/h5-10,13-14,25H,4,11-12H2,1-3H3/b18-13+,25-22?. The van der Waals surface area contributed by atoms with Crippen LogP contribution in [0.1, 0.15) is 24.5 Å². The molecule has 2 aromatic rings. The fourth-order valence-corrected chi connectivity index (χ4v) is 4.00. The maximum absolute atomic E-state index is 12.5. The highest BCUT2D eigenvalue weighted by atomic mass is 32.2. The minimum absolute atomic E-state index is 0.00787. The molecule has 9 heteroatoms. The largest absolute Gasteiger partial charge is 0.493 e. The van der Waals surface area contributed by atoms with Crippen LogP contribution < -0.4 is 14.2 Å². The summed E-state index contributed by atoms with van der Waals surface area (Å²) in [5, 5.41) is 15.4. The van der Waals surface area contributed by atoms with E-state index in [-0.39, 0.29) is 11.4 Å². The fourth-order valence-electron chi connectivity index (χ4n) is 3.18. The molecule has 8 nitrogen and oxygen atoms in total. The van der Waals surface area contributed by atoms with Crippen LogP contribution in [0.3, 0.4) is 0 Å². The van der Waals surface area contributed by atoms with Crippen molar-refractivity contribution in [2.24, 2.45) is 10.1 Å². The van der Waals surface area contributed by atoms with E-state index >= 15 is 0 Å². The number of methoxy groups -OCH3 is 1. The number of carbonyl (C=O) groups is 1. The smallest absolute Gasteiger partial charge is 0.283 e. The summed E-state index contributed by atoms with van der Waals surface area (Å²) in [6.07, 6.45) is 2.33. The number of aryl methyl sites for hydroxylation is 1. The Bertz CT molecular complexity index is 1170. The number of amidine groups is 2. The second kappa shape index (κ2) is 9.91. The van der Waals surface area contributed by atoms with Crippen LogP contribution in [0.5, 0.6) is 17.2 Å². The summed E-state index contributed by atoms with van der Waals surface area (Å²) in [4.78, 5) is 16.6. The first-order valence-electron chi connectivity index (χ1n) is 10.5. The zero-order valence-corrected chi connectivity index (χ0v) is 19.4. The SMILES string of the molecule is CCC1=NN2C(=N)/C(=C\c3ccc(OCCOc4ccc(C)cc4)c(OC)c3)C(=O)N=C2S1. The van der Waals surface area contributed by atoms with Gasteiger partial charge in [0.15, 0.2) is 17.3 Å². The third kappa shape index (κ3) is 5.09. The minimum Gasteiger partial charge on any atom is -0.493 e. The Balaban J connectivity index is 1.43. The van der Waals surface area contributed by atoms with Gasteiger partial charge in [0.1, 0.15) is 24.0 Å². The number of amides is 1. The van der Waals surface area contributed by atoms with Crippen molar-refractivity contribution in [1.29, 1.82) is 5.41 Å². The summed E-state index contributed by atoms with van der Waals surface area (Å²) in [6.45, 7) is 4.73. The average Bonchev–Trinajstić information content (AvgIpc) is 3.24. The van der Waals surface area contributed by atoms with Gasteiger partial charge in [-0.1, -0.05) is 30.7 Å². The minimum atomic E-state index is -0.459. The second-order valence-corrected chi connectivity index (χ2v) is 8.33. The van der Waals surface area contributed by atoms with E-state index in [0.717, 1.165) is 17.2 Å². The predicted octanol–water partition coefficient (Wildman–Crippen LogP) is 4.49. The van der Waals surface area contributed by atoms with Gasteiger partial charge in [0.25, 0.3) is 5.91 Å². The van der Waals surface area contributed by atoms with Crippen molar-refractivity contribution >= 4 is 39.8 Å². The molecular formula is C24H24N4O4S. The van der Waals surface area contributed by atoms with Crippen LogP contribution in [0.25, 0.3) is 6.08 Å². The van der Waals surface area contributed by atoms with E-state index in [1.165, 1.54) is 22.3 Å². The Hall–Kier alpha value is -3.59. The highest BCUT2D eigenvalue weighted by Gasteiger charge is 2.35. The number of benzene rings is 2. The number of hydrogen-bond acceptors (Lipinski definition) is 7. The van der Waals surface area contributed by atoms with Crippen molar-refractivity contribution in [2.45, 2.75) is 20.3 Å². The third-order valence-corrected chi connectivity index (χ3v) is 5.98. The number of carbonyl (C=O) groups excluding carboxylic acids is 1. The van der Waals surface area contributed by atoms with Gasteiger partial charge in [-0.3, -0.25) is 10.2 Å². The normalized spacial score (nSPS) is 16.5. The maximum atomic E-state index is 12.5. The van der Waals surface area contributed by atoms with Crippen LogP contribution in [-0.2, 0) is 4.79 Å². The Morgan fingerprint density at radius 3 is 2.58 bits per heavy atom. The molecule has 0 radical (unpaired) electrons. The summed E-state index contributed by atoms with van der Waals surface area (Å²) >= 11 is 1.32. The summed E-state index contributed by atoms with van der Waals surface area (Å²) in [5.41, 5.74) is 2.03. The third-order valence-electron chi connectivity index (χ3n) is 4.93. The number of hydrazone groups is 1. The van der Waals surface area contributed by atoms with E-state index in [1.807, 2.05) is 38.1 Å². The molecule has 1 amide bonds. The van der Waals surface area contributed by atoms with Crippen molar-refractivity contribution in [3.63, 3.8) is 0 Å². The van der Waals surface area contributed by atoms with E-state index in [1.54, 1.807) is 31.4 Å². The quantitative estimate of drug-likeness (QED) is 0.457. The lowest BCUT2D eigenvalue weighted by Gasteiger charge is -2.20. The van der Waals surface area contributed by atoms with Gasteiger partial charge in [0, 0.05) is 0 Å². The van der Waals surface area contributed by atoms with Crippen molar-refractivity contribution in [1.82, 2.24) is 5.01 Å². The highest BCUT2D eigenvalue weighted by molar-refractivity contribution is 8.26. The van der Waals surface area contributed by atoms with E-state index < -0.39 is 5.91 Å². The van der Waals surface area contributed by atoms with Crippen molar-refractivity contribution in [2.75, 3.05) is 20.3 Å². The van der Waals surface area contributed by atoms with Gasteiger partial charge in [0.2, 0.25) is 5.17 Å². The van der Waals surface area contributed by atoms with E-state index in [9.17, 15) is 4.79 Å². The van der Waals surface area contributed by atoms with Gasteiger partial charge in [-0.05, 0) is 61.0 Å². The van der Waals surface area contributed by atoms with Gasteiger partial charge in [-0.15, -0.1) is 0 Å². The van der Waals surface area contributed by atoms with Crippen LogP contribution >= 0.6 is 11.8 Å². The number of nitrogens with one attached hydrogen (secondary N) is 1. The Morgan fingerprint density at radius 1 is 1.09 bits per heavy atom. The summed E-state index contributed by atoms with van der Waals surface area (Å²) < 4.78 is 17.0. The molecule has 0 saturated heterocycles. The lowest BCUT2D eigenvalue weighted by molar-refractivity contribution is -0.114. The topological polar surface area (TPSA) is 96.6 Å². The average molecular weight is 465 g/mol. The van der Waals surface area contributed by atoms with Gasteiger partial charge in [-0.25, -0.2) is 0 Å². The first kappa shape index (κ1) is 22.6. The van der Waals surface area contributed by atoms with Gasteiger partial charge >= 0.3 is 0 Å². The molecule has 33 heavy (non-hydrogen) atoms. The summed E-state index contributed by atoms with van der Waals surface area (Å²) in [6, 6.07) is 13.1. The fraction of sp³-hybridized carbons (Fsp3) is 0.250. The lowest BCUT2D eigenvalue weighted by atomic mass is 10.1. The first-order valence-corrected chi connectivity index (χ1v) is 11.3. The Labute approximate surface area is 196 Å². The van der Waals surface area contributed by atoms with E-state index in [4.69, 9.17) is 19.6 Å². The molecule has 0 spiro atoms. The second-order valence-electron chi connectivity index (χ2n) is 7.29. The summed E-state index contributed by atoms with van der Waals surface area (Å²) in [7, 11) is 1.55. The van der Waals surface area contributed by atoms with Crippen molar-refractivity contribution < 1.29 is 19.0 Å². The van der Waals surface area contributed by atoms with Gasteiger partial charge < -0.3 is 14.2 Å². The van der Waals surface area contributed by atoms with Gasteiger partial charge in [0.05, 0.1) is 12.7 Å². The molecule has 2 aliphatic rings. The number of hydrogen-bond donors (Lipinski definition) is 1. The lowest BCUT2D eigenvalue weighted by Crippen LogP contribution is -2.35. The molecule has 0 aromatic heterocycles. The first-order chi connectivity index (χ1) is 16.0. The summed E-state index contributed by atoms with van der Waals surface area (Å²) in [5.74, 6) is 1.41. The molecule has 170 valence electrons.